The lowest BCUT2D eigenvalue weighted by atomic mass is 10.0. The van der Waals surface area contributed by atoms with Gasteiger partial charge in [0.15, 0.2) is 0 Å². The summed E-state index contributed by atoms with van der Waals surface area (Å²) < 4.78 is 1.80. The molecule has 0 saturated carbocycles. The molecule has 1 aliphatic rings. The van der Waals surface area contributed by atoms with Crippen molar-refractivity contribution in [2.75, 3.05) is 18.4 Å². The normalized spacial score (nSPS) is 16.4. The van der Waals surface area contributed by atoms with Gasteiger partial charge in [0.05, 0.1) is 0 Å². The van der Waals surface area contributed by atoms with E-state index in [9.17, 15) is 0 Å². The van der Waals surface area contributed by atoms with Crippen LogP contribution in [0, 0.1) is 0 Å². The molecule has 2 aromatic heterocycles. The van der Waals surface area contributed by atoms with E-state index in [0.29, 0.717) is 11.8 Å². The molecule has 0 aliphatic carbocycles. The average Bonchev–Trinajstić information content (AvgIpc) is 3.13. The van der Waals surface area contributed by atoms with Gasteiger partial charge in [-0.15, -0.1) is 0 Å². The van der Waals surface area contributed by atoms with Crippen LogP contribution in [0.2, 0.25) is 0 Å². The maximum atomic E-state index is 4.51. The third-order valence-corrected chi connectivity index (χ3v) is 4.86. The summed E-state index contributed by atoms with van der Waals surface area (Å²) in [6, 6.07) is 13.3. The summed E-state index contributed by atoms with van der Waals surface area (Å²) in [5.74, 6) is 1.67. The van der Waals surface area contributed by atoms with Crippen molar-refractivity contribution in [3.05, 3.63) is 54.0 Å². The number of piperidine rings is 1. The van der Waals surface area contributed by atoms with Gasteiger partial charge in [0.25, 0.3) is 5.78 Å². The highest BCUT2D eigenvalue weighted by molar-refractivity contribution is 5.45. The van der Waals surface area contributed by atoms with E-state index in [1.54, 1.807) is 10.8 Å². The zero-order chi connectivity index (χ0) is 17.1. The smallest absolute Gasteiger partial charge is 0.254 e. The van der Waals surface area contributed by atoms with Crippen LogP contribution in [0.3, 0.4) is 0 Å². The van der Waals surface area contributed by atoms with Crippen molar-refractivity contribution in [2.45, 2.75) is 38.8 Å². The molecule has 3 heterocycles. The number of hydrogen-bond donors (Lipinski definition) is 1. The van der Waals surface area contributed by atoms with Gasteiger partial charge in [-0.1, -0.05) is 37.3 Å². The molecule has 3 aromatic rings. The Kier molecular flexibility index (Phi) is 4.61. The van der Waals surface area contributed by atoms with Gasteiger partial charge in [0, 0.05) is 37.4 Å². The van der Waals surface area contributed by atoms with Crippen LogP contribution in [-0.2, 0) is 13.0 Å². The number of aromatic nitrogens is 4. The van der Waals surface area contributed by atoms with Crippen LogP contribution in [0.15, 0.2) is 42.7 Å². The SMILES string of the molecule is CCc1cc(NC2CCN(Cc3ccccc3)CC2)n2ncnc2n1. The molecular formula is C19H24N6. The summed E-state index contributed by atoms with van der Waals surface area (Å²) in [6.45, 7) is 5.37. The second-order valence-corrected chi connectivity index (χ2v) is 6.64. The lowest BCUT2D eigenvalue weighted by molar-refractivity contribution is 0.211. The minimum absolute atomic E-state index is 0.464. The summed E-state index contributed by atoms with van der Waals surface area (Å²) >= 11 is 0. The molecule has 0 spiro atoms. The second kappa shape index (κ2) is 7.19. The second-order valence-electron chi connectivity index (χ2n) is 6.64. The van der Waals surface area contributed by atoms with Gasteiger partial charge in [0.1, 0.15) is 12.1 Å². The van der Waals surface area contributed by atoms with Crippen LogP contribution in [-0.4, -0.2) is 43.6 Å². The van der Waals surface area contributed by atoms with Crippen molar-refractivity contribution < 1.29 is 0 Å². The molecule has 4 rings (SSSR count). The molecule has 1 fully saturated rings. The van der Waals surface area contributed by atoms with Crippen LogP contribution in [0.4, 0.5) is 5.82 Å². The number of aryl methyl sites for hydroxylation is 1. The molecule has 1 aromatic carbocycles. The Balaban J connectivity index is 1.39. The zero-order valence-electron chi connectivity index (χ0n) is 14.6. The van der Waals surface area contributed by atoms with E-state index < -0.39 is 0 Å². The Morgan fingerprint density at radius 3 is 2.72 bits per heavy atom. The molecule has 6 nitrogen and oxygen atoms in total. The van der Waals surface area contributed by atoms with Gasteiger partial charge in [-0.25, -0.2) is 4.98 Å². The predicted molar refractivity (Wildman–Crippen MR) is 98.5 cm³/mol. The molecule has 0 radical (unpaired) electrons. The summed E-state index contributed by atoms with van der Waals surface area (Å²) in [5, 5.41) is 7.96. The van der Waals surface area contributed by atoms with Crippen molar-refractivity contribution in [2.24, 2.45) is 0 Å². The molecule has 0 unspecified atom stereocenters. The van der Waals surface area contributed by atoms with Crippen molar-refractivity contribution in [1.29, 1.82) is 0 Å². The maximum absolute atomic E-state index is 4.51. The third-order valence-electron chi connectivity index (χ3n) is 4.86. The average molecular weight is 336 g/mol. The summed E-state index contributed by atoms with van der Waals surface area (Å²) in [6.07, 6.45) is 4.72. The largest absolute Gasteiger partial charge is 0.367 e. The molecule has 6 heteroatoms. The number of likely N-dealkylation sites (tertiary alicyclic amines) is 1. The van der Waals surface area contributed by atoms with E-state index >= 15 is 0 Å². The first-order valence-electron chi connectivity index (χ1n) is 9.04. The summed E-state index contributed by atoms with van der Waals surface area (Å²) in [4.78, 5) is 11.3. The Labute approximate surface area is 147 Å². The Morgan fingerprint density at radius 1 is 1.16 bits per heavy atom. The number of benzene rings is 1. The van der Waals surface area contributed by atoms with Gasteiger partial charge in [-0.3, -0.25) is 4.90 Å². The highest BCUT2D eigenvalue weighted by atomic mass is 15.4. The van der Waals surface area contributed by atoms with Gasteiger partial charge < -0.3 is 5.32 Å². The van der Waals surface area contributed by atoms with E-state index in [-0.39, 0.29) is 0 Å². The summed E-state index contributed by atoms with van der Waals surface area (Å²) in [7, 11) is 0. The number of nitrogens with zero attached hydrogens (tertiary/aromatic N) is 5. The highest BCUT2D eigenvalue weighted by Gasteiger charge is 2.20. The first-order valence-corrected chi connectivity index (χ1v) is 9.04. The fourth-order valence-electron chi connectivity index (χ4n) is 3.43. The van der Waals surface area contributed by atoms with Gasteiger partial charge >= 0.3 is 0 Å². The summed E-state index contributed by atoms with van der Waals surface area (Å²) in [5.41, 5.74) is 2.43. The number of anilines is 1. The van der Waals surface area contributed by atoms with E-state index in [2.05, 4.69) is 68.6 Å². The first kappa shape index (κ1) is 16.0. The number of nitrogens with one attached hydrogen (secondary N) is 1. The molecule has 0 bridgehead atoms. The van der Waals surface area contributed by atoms with Gasteiger partial charge in [0.2, 0.25) is 0 Å². The molecule has 0 amide bonds. The Morgan fingerprint density at radius 2 is 1.96 bits per heavy atom. The van der Waals surface area contributed by atoms with Gasteiger partial charge in [-0.05, 0) is 24.8 Å². The third kappa shape index (κ3) is 3.64. The minimum atomic E-state index is 0.464. The van der Waals surface area contributed by atoms with Crippen molar-refractivity contribution in [3.63, 3.8) is 0 Å². The fraction of sp³-hybridized carbons (Fsp3) is 0.421. The van der Waals surface area contributed by atoms with Crippen LogP contribution < -0.4 is 5.32 Å². The fourth-order valence-corrected chi connectivity index (χ4v) is 3.43. The molecule has 1 aliphatic heterocycles. The molecule has 130 valence electrons. The molecule has 1 N–H and O–H groups in total. The minimum Gasteiger partial charge on any atom is -0.367 e. The van der Waals surface area contributed by atoms with E-state index in [4.69, 9.17) is 0 Å². The standard InChI is InChI=1S/C19H24N6/c1-2-16-12-18(25-19(23-16)20-14-21-25)22-17-8-10-24(11-9-17)13-15-6-4-3-5-7-15/h3-7,12,14,17,22H,2,8-11,13H2,1H3. The monoisotopic (exact) mass is 336 g/mol. The van der Waals surface area contributed by atoms with Crippen LogP contribution in [0.5, 0.6) is 0 Å². The number of rotatable bonds is 5. The zero-order valence-corrected chi connectivity index (χ0v) is 14.6. The van der Waals surface area contributed by atoms with E-state index in [0.717, 1.165) is 50.4 Å². The Hall–Kier alpha value is -2.47. The van der Waals surface area contributed by atoms with Crippen molar-refractivity contribution >= 4 is 11.6 Å². The predicted octanol–water partition coefficient (Wildman–Crippen LogP) is 2.76. The van der Waals surface area contributed by atoms with Gasteiger partial charge in [-0.2, -0.15) is 14.6 Å². The lowest BCUT2D eigenvalue weighted by Crippen LogP contribution is -2.39. The quantitative estimate of drug-likeness (QED) is 0.776. The molecule has 0 atom stereocenters. The molecule has 1 saturated heterocycles. The number of fused-ring (bicyclic) bond motifs is 1. The molecule has 25 heavy (non-hydrogen) atoms. The van der Waals surface area contributed by atoms with Crippen molar-refractivity contribution in [3.8, 4) is 0 Å². The highest BCUT2D eigenvalue weighted by Crippen LogP contribution is 2.19. The van der Waals surface area contributed by atoms with Crippen LogP contribution >= 0.6 is 0 Å². The van der Waals surface area contributed by atoms with Crippen molar-refractivity contribution in [1.82, 2.24) is 24.5 Å². The first-order chi connectivity index (χ1) is 12.3. The van der Waals surface area contributed by atoms with E-state index in [1.807, 2.05) is 0 Å². The van der Waals surface area contributed by atoms with Crippen LogP contribution in [0.1, 0.15) is 31.0 Å². The maximum Gasteiger partial charge on any atom is 0.254 e. The molecular weight excluding hydrogens is 312 g/mol. The van der Waals surface area contributed by atoms with E-state index in [1.165, 1.54) is 5.56 Å². The lowest BCUT2D eigenvalue weighted by Gasteiger charge is -2.32. The van der Waals surface area contributed by atoms with Crippen LogP contribution in [0.25, 0.3) is 5.78 Å². The topological polar surface area (TPSA) is 58.4 Å². The number of hydrogen-bond acceptors (Lipinski definition) is 5. The Bertz CT molecular complexity index is 820.